The van der Waals surface area contributed by atoms with Gasteiger partial charge in [0.05, 0.1) is 11.3 Å². The highest BCUT2D eigenvalue weighted by Crippen LogP contribution is 2.37. The molecule has 1 fully saturated rings. The largest absolute Gasteiger partial charge is 0.338 e. The van der Waals surface area contributed by atoms with E-state index < -0.39 is 0 Å². The van der Waals surface area contributed by atoms with Crippen LogP contribution in [-0.4, -0.2) is 15.9 Å². The molecule has 5 heteroatoms. The predicted molar refractivity (Wildman–Crippen MR) is 69.7 cm³/mol. The number of thioether (sulfide) groups is 1. The minimum atomic E-state index is -0.130. The first-order chi connectivity index (χ1) is 8.22. The van der Waals surface area contributed by atoms with Gasteiger partial charge in [0, 0.05) is 0 Å². The molecule has 0 aliphatic carbocycles. The zero-order chi connectivity index (χ0) is 12.3. The van der Waals surface area contributed by atoms with E-state index in [0.29, 0.717) is 17.1 Å². The Morgan fingerprint density at radius 2 is 2.35 bits per heavy atom. The quantitative estimate of drug-likeness (QED) is 0.895. The average Bonchev–Trinajstić information content (AvgIpc) is 2.87. The topological polar surface area (TPSA) is 64.9 Å². The van der Waals surface area contributed by atoms with Crippen molar-refractivity contribution in [1.82, 2.24) is 10.1 Å². The van der Waals surface area contributed by atoms with Gasteiger partial charge in [0.1, 0.15) is 0 Å². The summed E-state index contributed by atoms with van der Waals surface area (Å²) in [5.74, 6) is 3.01. The Hall–Kier alpha value is -0.550. The number of aromatic nitrogens is 2. The first-order valence-electron chi connectivity index (χ1n) is 6.43. The smallest absolute Gasteiger partial charge is 0.243 e. The normalized spacial score (nSPS) is 24.5. The zero-order valence-corrected chi connectivity index (χ0v) is 11.4. The highest BCUT2D eigenvalue weighted by atomic mass is 32.2. The van der Waals surface area contributed by atoms with Crippen LogP contribution in [0.3, 0.4) is 0 Å². The Bertz CT molecular complexity index is 333. The fourth-order valence-corrected chi connectivity index (χ4v) is 3.19. The summed E-state index contributed by atoms with van der Waals surface area (Å²) in [6.07, 6.45) is 4.75. The van der Waals surface area contributed by atoms with Gasteiger partial charge in [-0.2, -0.15) is 16.7 Å². The number of hydrogen-bond acceptors (Lipinski definition) is 5. The molecule has 2 N–H and O–H groups in total. The highest BCUT2D eigenvalue weighted by Gasteiger charge is 2.25. The third-order valence-electron chi connectivity index (χ3n) is 3.47. The van der Waals surface area contributed by atoms with Gasteiger partial charge in [0.2, 0.25) is 5.89 Å². The van der Waals surface area contributed by atoms with E-state index in [1.54, 1.807) is 0 Å². The lowest BCUT2D eigenvalue weighted by atomic mass is 10.0. The second kappa shape index (κ2) is 5.87. The number of nitrogens with zero attached hydrogens (tertiary/aromatic N) is 2. The lowest BCUT2D eigenvalue weighted by Gasteiger charge is -2.17. The SMILES string of the molecule is CCC(C)[C@H](N)c1nc(C2CCCCS2)no1. The molecule has 2 heterocycles. The summed E-state index contributed by atoms with van der Waals surface area (Å²) in [5.41, 5.74) is 6.09. The maximum Gasteiger partial charge on any atom is 0.243 e. The first kappa shape index (κ1) is 12.9. The van der Waals surface area contributed by atoms with Crippen LogP contribution in [0.15, 0.2) is 4.52 Å². The Balaban J connectivity index is 2.04. The Morgan fingerprint density at radius 1 is 1.53 bits per heavy atom. The molecule has 0 saturated carbocycles. The Labute approximate surface area is 107 Å². The molecule has 0 amide bonds. The fraction of sp³-hybridized carbons (Fsp3) is 0.833. The van der Waals surface area contributed by atoms with Crippen LogP contribution in [0.4, 0.5) is 0 Å². The summed E-state index contributed by atoms with van der Waals surface area (Å²) in [7, 11) is 0. The minimum Gasteiger partial charge on any atom is -0.338 e. The number of nitrogens with two attached hydrogens (primary N) is 1. The maximum absolute atomic E-state index is 6.09. The van der Waals surface area contributed by atoms with Gasteiger partial charge in [-0.3, -0.25) is 0 Å². The molecule has 0 spiro atoms. The van der Waals surface area contributed by atoms with E-state index in [9.17, 15) is 0 Å². The maximum atomic E-state index is 6.09. The molecular formula is C12H21N3OS. The summed E-state index contributed by atoms with van der Waals surface area (Å²) in [6.45, 7) is 4.24. The summed E-state index contributed by atoms with van der Waals surface area (Å²) in [4.78, 5) is 4.48. The molecule has 1 aromatic rings. The van der Waals surface area contributed by atoms with Gasteiger partial charge in [-0.05, 0) is 24.5 Å². The molecular weight excluding hydrogens is 234 g/mol. The minimum absolute atomic E-state index is 0.130. The summed E-state index contributed by atoms with van der Waals surface area (Å²) in [5, 5.41) is 4.50. The van der Waals surface area contributed by atoms with Crippen LogP contribution >= 0.6 is 11.8 Å². The van der Waals surface area contributed by atoms with Crippen LogP contribution in [0.2, 0.25) is 0 Å². The lowest BCUT2D eigenvalue weighted by Crippen LogP contribution is -2.19. The summed E-state index contributed by atoms with van der Waals surface area (Å²) < 4.78 is 5.30. The van der Waals surface area contributed by atoms with Gasteiger partial charge in [-0.1, -0.05) is 31.8 Å². The van der Waals surface area contributed by atoms with E-state index in [0.717, 1.165) is 18.7 Å². The zero-order valence-electron chi connectivity index (χ0n) is 10.6. The Kier molecular flexibility index (Phi) is 4.45. The molecule has 2 unspecified atom stereocenters. The van der Waals surface area contributed by atoms with E-state index in [-0.39, 0.29) is 6.04 Å². The van der Waals surface area contributed by atoms with Crippen molar-refractivity contribution in [3.05, 3.63) is 11.7 Å². The predicted octanol–water partition coefficient (Wildman–Crippen LogP) is 3.07. The van der Waals surface area contributed by atoms with Crippen molar-refractivity contribution in [3.8, 4) is 0 Å². The van der Waals surface area contributed by atoms with Crippen LogP contribution in [0.25, 0.3) is 0 Å². The molecule has 0 bridgehead atoms. The molecule has 96 valence electrons. The second-order valence-electron chi connectivity index (χ2n) is 4.76. The van der Waals surface area contributed by atoms with Gasteiger partial charge in [0.15, 0.2) is 5.82 Å². The van der Waals surface area contributed by atoms with Gasteiger partial charge in [-0.15, -0.1) is 0 Å². The van der Waals surface area contributed by atoms with E-state index in [4.69, 9.17) is 10.3 Å². The molecule has 1 aliphatic rings. The van der Waals surface area contributed by atoms with Crippen LogP contribution in [0.5, 0.6) is 0 Å². The molecule has 0 radical (unpaired) electrons. The molecule has 3 atom stereocenters. The van der Waals surface area contributed by atoms with Crippen molar-refractivity contribution in [3.63, 3.8) is 0 Å². The van der Waals surface area contributed by atoms with Gasteiger partial charge < -0.3 is 10.3 Å². The number of hydrogen-bond donors (Lipinski definition) is 1. The molecule has 4 nitrogen and oxygen atoms in total. The molecule has 1 aliphatic heterocycles. The van der Waals surface area contributed by atoms with Crippen LogP contribution in [0.1, 0.15) is 62.5 Å². The first-order valence-corrected chi connectivity index (χ1v) is 7.48. The van der Waals surface area contributed by atoms with E-state index in [2.05, 4.69) is 24.0 Å². The van der Waals surface area contributed by atoms with Crippen LogP contribution in [-0.2, 0) is 0 Å². The van der Waals surface area contributed by atoms with Gasteiger partial charge in [0.25, 0.3) is 0 Å². The van der Waals surface area contributed by atoms with Crippen molar-refractivity contribution in [2.24, 2.45) is 11.7 Å². The van der Waals surface area contributed by atoms with Crippen molar-refractivity contribution in [2.45, 2.75) is 50.8 Å². The van der Waals surface area contributed by atoms with Gasteiger partial charge >= 0.3 is 0 Å². The molecule has 1 aromatic heterocycles. The summed E-state index contributed by atoms with van der Waals surface area (Å²) >= 11 is 1.93. The second-order valence-corrected chi connectivity index (χ2v) is 6.07. The van der Waals surface area contributed by atoms with Crippen molar-refractivity contribution >= 4 is 11.8 Å². The Morgan fingerprint density at radius 3 is 3.00 bits per heavy atom. The monoisotopic (exact) mass is 255 g/mol. The molecule has 0 aromatic carbocycles. The lowest BCUT2D eigenvalue weighted by molar-refractivity contribution is 0.310. The molecule has 1 saturated heterocycles. The number of rotatable bonds is 4. The van der Waals surface area contributed by atoms with E-state index in [1.807, 2.05) is 11.8 Å². The highest BCUT2D eigenvalue weighted by molar-refractivity contribution is 7.99. The van der Waals surface area contributed by atoms with Crippen LogP contribution < -0.4 is 5.73 Å². The van der Waals surface area contributed by atoms with E-state index in [1.165, 1.54) is 18.6 Å². The average molecular weight is 255 g/mol. The van der Waals surface area contributed by atoms with Gasteiger partial charge in [-0.25, -0.2) is 0 Å². The third-order valence-corrected chi connectivity index (χ3v) is 4.84. The van der Waals surface area contributed by atoms with Crippen molar-refractivity contribution in [2.75, 3.05) is 5.75 Å². The standard InChI is InChI=1S/C12H21N3OS/c1-3-8(2)10(13)12-14-11(15-16-12)9-6-4-5-7-17-9/h8-10H,3-7,13H2,1-2H3/t8?,9?,10-/m0/s1. The van der Waals surface area contributed by atoms with Crippen LogP contribution in [0, 0.1) is 5.92 Å². The summed E-state index contributed by atoms with van der Waals surface area (Å²) in [6, 6.07) is -0.130. The van der Waals surface area contributed by atoms with Crippen molar-refractivity contribution < 1.29 is 4.52 Å². The van der Waals surface area contributed by atoms with Crippen molar-refractivity contribution in [1.29, 1.82) is 0 Å². The fourth-order valence-electron chi connectivity index (χ4n) is 1.96. The molecule has 2 rings (SSSR count). The van der Waals surface area contributed by atoms with E-state index >= 15 is 0 Å². The molecule has 17 heavy (non-hydrogen) atoms. The third kappa shape index (κ3) is 3.01.